The van der Waals surface area contributed by atoms with Crippen molar-refractivity contribution in [3.8, 4) is 0 Å². The quantitative estimate of drug-likeness (QED) is 0.388. The van der Waals surface area contributed by atoms with Crippen molar-refractivity contribution >= 4 is 64.4 Å². The third-order valence-electron chi connectivity index (χ3n) is 3.53. The summed E-state index contributed by atoms with van der Waals surface area (Å²) >= 11 is 7.23. The van der Waals surface area contributed by atoms with Gasteiger partial charge in [0.15, 0.2) is 0 Å². The number of aromatic nitrogens is 1. The van der Waals surface area contributed by atoms with Gasteiger partial charge in [-0.05, 0) is 29.7 Å². The summed E-state index contributed by atoms with van der Waals surface area (Å²) in [5.74, 6) is 0. The molecule has 0 fully saturated rings. The van der Waals surface area contributed by atoms with Crippen LogP contribution in [0.4, 0.5) is 0 Å². The van der Waals surface area contributed by atoms with Gasteiger partial charge in [0.2, 0.25) is 0 Å². The topological polar surface area (TPSA) is 15.8 Å². The molecule has 1 heterocycles. The van der Waals surface area contributed by atoms with Crippen LogP contribution in [-0.4, -0.2) is 4.98 Å². The van der Waals surface area contributed by atoms with Gasteiger partial charge in [-0.25, -0.2) is 0 Å². The smallest absolute Gasteiger partial charge is 0.0545 e. The molecule has 4 rings (SSSR count). The first-order valence-corrected chi connectivity index (χ1v) is 7.61. The van der Waals surface area contributed by atoms with E-state index in [-0.39, 0.29) is 0 Å². The van der Waals surface area contributed by atoms with E-state index in [4.69, 9.17) is 0 Å². The Kier molecular flexibility index (Phi) is 2.47. The zero-order valence-corrected chi connectivity index (χ0v) is 13.0. The fourth-order valence-corrected chi connectivity index (χ4v) is 3.60. The Balaban J connectivity index is 2.32. The van der Waals surface area contributed by atoms with E-state index in [2.05, 4.69) is 85.4 Å². The minimum Gasteiger partial charge on any atom is -0.354 e. The number of H-pyrrole nitrogens is 1. The lowest BCUT2D eigenvalue weighted by Crippen LogP contribution is -1.77. The van der Waals surface area contributed by atoms with Crippen LogP contribution >= 0.6 is 31.9 Å². The van der Waals surface area contributed by atoms with E-state index in [9.17, 15) is 0 Å². The molecule has 0 aliphatic carbocycles. The Morgan fingerprint density at radius 3 is 2.37 bits per heavy atom. The number of rotatable bonds is 0. The average Bonchev–Trinajstić information content (AvgIpc) is 2.78. The molecule has 0 unspecified atom stereocenters. The molecule has 0 spiro atoms. The number of hydrogen-bond donors (Lipinski definition) is 1. The number of halogens is 2. The van der Waals surface area contributed by atoms with Gasteiger partial charge in [0, 0.05) is 30.6 Å². The lowest BCUT2D eigenvalue weighted by molar-refractivity contribution is 1.55. The molecule has 1 N–H and O–H groups in total. The van der Waals surface area contributed by atoms with Crippen LogP contribution in [0.3, 0.4) is 0 Å². The van der Waals surface area contributed by atoms with Crippen molar-refractivity contribution in [2.24, 2.45) is 0 Å². The van der Waals surface area contributed by atoms with Crippen molar-refractivity contribution < 1.29 is 0 Å². The molecule has 0 atom stereocenters. The van der Waals surface area contributed by atoms with E-state index in [1.807, 2.05) is 0 Å². The molecule has 3 aromatic carbocycles. The molecule has 0 amide bonds. The lowest BCUT2D eigenvalue weighted by atomic mass is 10.1. The van der Waals surface area contributed by atoms with E-state index in [0.717, 1.165) is 8.95 Å². The SMILES string of the molecule is Brc1ccc2[nH]c3c4ccccc4c(Br)cc3c2c1. The van der Waals surface area contributed by atoms with Gasteiger partial charge < -0.3 is 4.98 Å². The fraction of sp³-hybridized carbons (Fsp3) is 0. The highest BCUT2D eigenvalue weighted by Gasteiger charge is 2.10. The Labute approximate surface area is 126 Å². The van der Waals surface area contributed by atoms with Crippen LogP contribution in [0.2, 0.25) is 0 Å². The molecular formula is C16H9Br2N. The number of aromatic amines is 1. The summed E-state index contributed by atoms with van der Waals surface area (Å²) in [5, 5.41) is 4.98. The maximum atomic E-state index is 3.68. The first-order valence-electron chi connectivity index (χ1n) is 6.02. The Morgan fingerprint density at radius 2 is 1.53 bits per heavy atom. The van der Waals surface area contributed by atoms with Gasteiger partial charge in [0.25, 0.3) is 0 Å². The van der Waals surface area contributed by atoms with Crippen molar-refractivity contribution in [2.75, 3.05) is 0 Å². The minimum absolute atomic E-state index is 1.10. The molecular weight excluding hydrogens is 366 g/mol. The van der Waals surface area contributed by atoms with Crippen LogP contribution in [-0.2, 0) is 0 Å². The first-order chi connectivity index (χ1) is 9.24. The summed E-state index contributed by atoms with van der Waals surface area (Å²) < 4.78 is 2.24. The normalized spacial score (nSPS) is 11.7. The van der Waals surface area contributed by atoms with E-state index in [0.29, 0.717) is 0 Å². The first kappa shape index (κ1) is 11.5. The summed E-state index contributed by atoms with van der Waals surface area (Å²) in [6.45, 7) is 0. The predicted octanol–water partition coefficient (Wildman–Crippen LogP) is 6.00. The van der Waals surface area contributed by atoms with E-state index in [1.54, 1.807) is 0 Å². The van der Waals surface area contributed by atoms with E-state index in [1.165, 1.54) is 32.6 Å². The van der Waals surface area contributed by atoms with Crippen LogP contribution < -0.4 is 0 Å². The molecule has 0 aliphatic heterocycles. The van der Waals surface area contributed by atoms with Crippen LogP contribution in [0, 0.1) is 0 Å². The molecule has 0 aliphatic rings. The highest BCUT2D eigenvalue weighted by Crippen LogP contribution is 2.36. The Morgan fingerprint density at radius 1 is 0.737 bits per heavy atom. The summed E-state index contributed by atoms with van der Waals surface area (Å²) in [7, 11) is 0. The second kappa shape index (κ2) is 4.09. The molecule has 1 aromatic heterocycles. The molecule has 0 saturated carbocycles. The maximum absolute atomic E-state index is 3.68. The van der Waals surface area contributed by atoms with Crippen LogP contribution in [0.25, 0.3) is 32.6 Å². The number of nitrogens with one attached hydrogen (secondary N) is 1. The maximum Gasteiger partial charge on any atom is 0.0545 e. The van der Waals surface area contributed by atoms with E-state index >= 15 is 0 Å². The van der Waals surface area contributed by atoms with Gasteiger partial charge in [-0.2, -0.15) is 0 Å². The van der Waals surface area contributed by atoms with Gasteiger partial charge in [0.05, 0.1) is 5.52 Å². The van der Waals surface area contributed by atoms with E-state index < -0.39 is 0 Å². The lowest BCUT2D eigenvalue weighted by Gasteiger charge is -2.02. The summed E-state index contributed by atoms with van der Waals surface area (Å²) in [6, 6.07) is 17.0. The molecule has 0 radical (unpaired) electrons. The monoisotopic (exact) mass is 373 g/mol. The van der Waals surface area contributed by atoms with Crippen LogP contribution in [0.5, 0.6) is 0 Å². The third-order valence-corrected chi connectivity index (χ3v) is 4.67. The van der Waals surface area contributed by atoms with Gasteiger partial charge >= 0.3 is 0 Å². The zero-order chi connectivity index (χ0) is 13.0. The Hall–Kier alpha value is -1.32. The fourth-order valence-electron chi connectivity index (χ4n) is 2.66. The van der Waals surface area contributed by atoms with Crippen LogP contribution in [0.15, 0.2) is 57.5 Å². The summed E-state index contributed by atoms with van der Waals surface area (Å²) in [5.41, 5.74) is 2.37. The predicted molar refractivity (Wildman–Crippen MR) is 88.7 cm³/mol. The van der Waals surface area contributed by atoms with Gasteiger partial charge in [-0.15, -0.1) is 0 Å². The number of benzene rings is 3. The van der Waals surface area contributed by atoms with Gasteiger partial charge in [-0.1, -0.05) is 56.1 Å². The number of hydrogen-bond acceptors (Lipinski definition) is 0. The van der Waals surface area contributed by atoms with Crippen molar-refractivity contribution in [1.29, 1.82) is 0 Å². The highest BCUT2D eigenvalue weighted by molar-refractivity contribution is 9.11. The molecule has 4 aromatic rings. The molecule has 1 nitrogen and oxygen atoms in total. The van der Waals surface area contributed by atoms with Gasteiger partial charge in [0.1, 0.15) is 0 Å². The van der Waals surface area contributed by atoms with Gasteiger partial charge in [-0.3, -0.25) is 0 Å². The van der Waals surface area contributed by atoms with Crippen molar-refractivity contribution in [3.63, 3.8) is 0 Å². The largest absolute Gasteiger partial charge is 0.354 e. The molecule has 92 valence electrons. The zero-order valence-electron chi connectivity index (χ0n) is 9.87. The third kappa shape index (κ3) is 1.65. The Bertz CT molecular complexity index is 938. The van der Waals surface area contributed by atoms with Crippen molar-refractivity contribution in [1.82, 2.24) is 4.98 Å². The standard InChI is InChI=1S/C16H9Br2N/c17-9-5-6-15-12(7-9)13-8-14(18)10-3-1-2-4-11(10)16(13)19-15/h1-8,19H. The molecule has 0 saturated heterocycles. The second-order valence-electron chi connectivity index (χ2n) is 4.64. The summed E-state index contributed by atoms with van der Waals surface area (Å²) in [6.07, 6.45) is 0. The van der Waals surface area contributed by atoms with Crippen molar-refractivity contribution in [2.45, 2.75) is 0 Å². The molecule has 3 heteroatoms. The number of fused-ring (bicyclic) bond motifs is 5. The second-order valence-corrected chi connectivity index (χ2v) is 6.41. The molecule has 0 bridgehead atoms. The average molecular weight is 375 g/mol. The minimum atomic E-state index is 1.10. The molecule has 19 heavy (non-hydrogen) atoms. The highest BCUT2D eigenvalue weighted by atomic mass is 79.9. The summed E-state index contributed by atoms with van der Waals surface area (Å²) in [4.78, 5) is 3.53. The van der Waals surface area contributed by atoms with Crippen molar-refractivity contribution in [3.05, 3.63) is 57.5 Å². The van der Waals surface area contributed by atoms with Crippen LogP contribution in [0.1, 0.15) is 0 Å².